The second-order valence-corrected chi connectivity index (χ2v) is 5.00. The van der Waals surface area contributed by atoms with Gasteiger partial charge in [0.1, 0.15) is 0 Å². The minimum absolute atomic E-state index is 0.159. The molecule has 1 aliphatic heterocycles. The number of aromatic nitrogens is 1. The monoisotopic (exact) mass is 318 g/mol. The molecular formula is C16H12F2N2O3. The van der Waals surface area contributed by atoms with E-state index in [0.29, 0.717) is 28.9 Å². The van der Waals surface area contributed by atoms with E-state index in [1.54, 1.807) is 0 Å². The maximum Gasteiger partial charge on any atom is 0.416 e. The van der Waals surface area contributed by atoms with Crippen LogP contribution in [0, 0.1) is 11.6 Å². The molecule has 7 heteroatoms. The van der Waals surface area contributed by atoms with Gasteiger partial charge in [0, 0.05) is 18.5 Å². The first-order valence-corrected chi connectivity index (χ1v) is 6.86. The number of ether oxygens (including phenoxy) is 1. The second kappa shape index (κ2) is 5.75. The van der Waals surface area contributed by atoms with Crippen LogP contribution >= 0.6 is 0 Å². The van der Waals surface area contributed by atoms with Gasteiger partial charge in [0.25, 0.3) is 5.91 Å². The Kier molecular flexibility index (Phi) is 3.77. The standard InChI is InChI=1S/C16H12F2N2O3/c1-23-16(22)20-7-6-14-10(15(20)21)3-5-13(19-14)9-2-4-11(17)12(18)8-9/h2-5,8H,6-7H2,1H3. The fourth-order valence-corrected chi connectivity index (χ4v) is 2.45. The summed E-state index contributed by atoms with van der Waals surface area (Å²) in [4.78, 5) is 29.1. The minimum Gasteiger partial charge on any atom is -0.452 e. The summed E-state index contributed by atoms with van der Waals surface area (Å²) < 4.78 is 30.9. The number of hydrogen-bond donors (Lipinski definition) is 0. The molecule has 0 aliphatic carbocycles. The molecule has 0 fully saturated rings. The van der Waals surface area contributed by atoms with Crippen LogP contribution in [0.25, 0.3) is 11.3 Å². The zero-order chi connectivity index (χ0) is 16.6. The number of halogens is 2. The average molecular weight is 318 g/mol. The molecule has 0 saturated carbocycles. The largest absolute Gasteiger partial charge is 0.452 e. The summed E-state index contributed by atoms with van der Waals surface area (Å²) in [6.45, 7) is 0.159. The zero-order valence-electron chi connectivity index (χ0n) is 12.2. The Morgan fingerprint density at radius 2 is 2.00 bits per heavy atom. The lowest BCUT2D eigenvalue weighted by molar-refractivity contribution is 0.0690. The maximum absolute atomic E-state index is 13.3. The van der Waals surface area contributed by atoms with Gasteiger partial charge in [0.2, 0.25) is 0 Å². The molecule has 0 spiro atoms. The highest BCUT2D eigenvalue weighted by atomic mass is 19.2. The molecular weight excluding hydrogens is 306 g/mol. The highest BCUT2D eigenvalue weighted by Gasteiger charge is 2.30. The van der Waals surface area contributed by atoms with Crippen LogP contribution in [-0.4, -0.2) is 35.5 Å². The van der Waals surface area contributed by atoms with E-state index in [4.69, 9.17) is 0 Å². The molecule has 118 valence electrons. The van der Waals surface area contributed by atoms with Crippen molar-refractivity contribution >= 4 is 12.0 Å². The lowest BCUT2D eigenvalue weighted by Gasteiger charge is -2.25. The number of carbonyl (C=O) groups is 2. The lowest BCUT2D eigenvalue weighted by atomic mass is 10.0. The molecule has 1 aliphatic rings. The first-order chi connectivity index (χ1) is 11.0. The topological polar surface area (TPSA) is 59.5 Å². The van der Waals surface area contributed by atoms with Crippen molar-refractivity contribution in [1.82, 2.24) is 9.88 Å². The molecule has 0 N–H and O–H groups in total. The molecule has 2 aromatic rings. The van der Waals surface area contributed by atoms with Gasteiger partial charge >= 0.3 is 6.09 Å². The summed E-state index contributed by atoms with van der Waals surface area (Å²) in [5.74, 6) is -2.38. The highest BCUT2D eigenvalue weighted by Crippen LogP contribution is 2.24. The molecule has 1 aromatic carbocycles. The Labute approximate surface area is 130 Å². The Hall–Kier alpha value is -2.83. The van der Waals surface area contributed by atoms with Crippen LogP contribution in [0.5, 0.6) is 0 Å². The smallest absolute Gasteiger partial charge is 0.416 e. The molecule has 0 atom stereocenters. The second-order valence-electron chi connectivity index (χ2n) is 5.00. The number of fused-ring (bicyclic) bond motifs is 1. The van der Waals surface area contributed by atoms with Gasteiger partial charge in [-0.25, -0.2) is 18.5 Å². The normalized spacial score (nSPS) is 13.7. The van der Waals surface area contributed by atoms with Crippen molar-refractivity contribution < 1.29 is 23.1 Å². The van der Waals surface area contributed by atoms with Gasteiger partial charge < -0.3 is 4.74 Å². The lowest BCUT2D eigenvalue weighted by Crippen LogP contribution is -2.42. The van der Waals surface area contributed by atoms with Crippen LogP contribution in [0.2, 0.25) is 0 Å². The number of hydrogen-bond acceptors (Lipinski definition) is 4. The zero-order valence-corrected chi connectivity index (χ0v) is 12.2. The van der Waals surface area contributed by atoms with Gasteiger partial charge in [0.05, 0.1) is 24.1 Å². The van der Waals surface area contributed by atoms with Gasteiger partial charge in [-0.3, -0.25) is 9.78 Å². The highest BCUT2D eigenvalue weighted by molar-refractivity contribution is 6.04. The van der Waals surface area contributed by atoms with Gasteiger partial charge in [-0.2, -0.15) is 0 Å². The molecule has 5 nitrogen and oxygen atoms in total. The number of carbonyl (C=O) groups excluding carboxylic acids is 2. The molecule has 0 bridgehead atoms. The van der Waals surface area contributed by atoms with E-state index in [9.17, 15) is 18.4 Å². The summed E-state index contributed by atoms with van der Waals surface area (Å²) in [6.07, 6.45) is -0.349. The van der Waals surface area contributed by atoms with Gasteiger partial charge in [-0.15, -0.1) is 0 Å². The number of benzene rings is 1. The van der Waals surface area contributed by atoms with Crippen LogP contribution in [-0.2, 0) is 11.2 Å². The quantitative estimate of drug-likeness (QED) is 0.811. The fraction of sp³-hybridized carbons (Fsp3) is 0.188. The number of imide groups is 1. The van der Waals surface area contributed by atoms with Crippen molar-refractivity contribution in [2.45, 2.75) is 6.42 Å². The van der Waals surface area contributed by atoms with Crippen molar-refractivity contribution in [2.24, 2.45) is 0 Å². The molecule has 2 amide bonds. The van der Waals surface area contributed by atoms with E-state index in [0.717, 1.165) is 17.0 Å². The Balaban J connectivity index is 1.96. The third-order valence-corrected chi connectivity index (χ3v) is 3.63. The van der Waals surface area contributed by atoms with E-state index in [-0.39, 0.29) is 6.54 Å². The van der Waals surface area contributed by atoms with E-state index in [2.05, 4.69) is 9.72 Å². The van der Waals surface area contributed by atoms with Crippen molar-refractivity contribution in [1.29, 1.82) is 0 Å². The molecule has 0 radical (unpaired) electrons. The average Bonchev–Trinajstić information content (AvgIpc) is 2.56. The summed E-state index contributed by atoms with van der Waals surface area (Å²) in [6, 6.07) is 6.55. The molecule has 23 heavy (non-hydrogen) atoms. The summed E-state index contributed by atoms with van der Waals surface area (Å²) in [5.41, 5.74) is 1.65. The van der Waals surface area contributed by atoms with E-state index < -0.39 is 23.6 Å². The third-order valence-electron chi connectivity index (χ3n) is 3.63. The van der Waals surface area contributed by atoms with Gasteiger partial charge in [-0.1, -0.05) is 0 Å². The Morgan fingerprint density at radius 1 is 1.22 bits per heavy atom. The van der Waals surface area contributed by atoms with Crippen molar-refractivity contribution in [2.75, 3.05) is 13.7 Å². The molecule has 3 rings (SSSR count). The van der Waals surface area contributed by atoms with E-state index >= 15 is 0 Å². The first-order valence-electron chi connectivity index (χ1n) is 6.86. The summed E-state index contributed by atoms with van der Waals surface area (Å²) in [5, 5.41) is 0. The van der Waals surface area contributed by atoms with Gasteiger partial charge in [0.15, 0.2) is 11.6 Å². The van der Waals surface area contributed by atoms with Crippen LogP contribution in [0.1, 0.15) is 16.1 Å². The summed E-state index contributed by atoms with van der Waals surface area (Å²) in [7, 11) is 1.20. The minimum atomic E-state index is -0.963. The van der Waals surface area contributed by atoms with Crippen molar-refractivity contribution in [3.63, 3.8) is 0 Å². The number of amides is 2. The molecule has 0 saturated heterocycles. The Bertz CT molecular complexity index is 808. The first kappa shape index (κ1) is 15.1. The Morgan fingerprint density at radius 3 is 2.70 bits per heavy atom. The molecule has 2 heterocycles. The molecule has 0 unspecified atom stereocenters. The summed E-state index contributed by atoms with van der Waals surface area (Å²) >= 11 is 0. The van der Waals surface area contributed by atoms with Gasteiger partial charge in [-0.05, 0) is 30.3 Å². The number of methoxy groups -OCH3 is 1. The predicted octanol–water partition coefficient (Wildman–Crippen LogP) is 2.79. The number of rotatable bonds is 1. The van der Waals surface area contributed by atoms with Crippen LogP contribution in [0.3, 0.4) is 0 Å². The fourth-order valence-electron chi connectivity index (χ4n) is 2.45. The third kappa shape index (κ3) is 2.65. The van der Waals surface area contributed by atoms with E-state index in [1.807, 2.05) is 0 Å². The number of nitrogens with zero attached hydrogens (tertiary/aromatic N) is 2. The SMILES string of the molecule is COC(=O)N1CCc2nc(-c3ccc(F)c(F)c3)ccc2C1=O. The van der Waals surface area contributed by atoms with E-state index in [1.165, 1.54) is 25.3 Å². The number of pyridine rings is 1. The maximum atomic E-state index is 13.3. The van der Waals surface area contributed by atoms with Crippen LogP contribution < -0.4 is 0 Å². The van der Waals surface area contributed by atoms with Crippen molar-refractivity contribution in [3.05, 3.63) is 53.2 Å². The predicted molar refractivity (Wildman–Crippen MR) is 76.7 cm³/mol. The molecule has 1 aromatic heterocycles. The van der Waals surface area contributed by atoms with Crippen LogP contribution in [0.4, 0.5) is 13.6 Å². The van der Waals surface area contributed by atoms with Crippen molar-refractivity contribution in [3.8, 4) is 11.3 Å². The van der Waals surface area contributed by atoms with Crippen LogP contribution in [0.15, 0.2) is 30.3 Å².